The molecular formula is C17H25ClF2N2O2. The maximum absolute atomic E-state index is 13.9. The van der Waals surface area contributed by atoms with E-state index in [1.807, 2.05) is 18.7 Å². The molecule has 1 saturated heterocycles. The Balaban J connectivity index is 0.00000288. The number of carboxylic acids is 1. The smallest absolute Gasteiger partial charge is 0.317 e. The van der Waals surface area contributed by atoms with E-state index in [-0.39, 0.29) is 36.9 Å². The number of carbonyl (C=O) groups is 1. The number of hydrogen-bond donors (Lipinski definition) is 1. The highest BCUT2D eigenvalue weighted by Gasteiger charge is 2.28. The summed E-state index contributed by atoms with van der Waals surface area (Å²) in [5, 5.41) is 8.96. The summed E-state index contributed by atoms with van der Waals surface area (Å²) in [5.74, 6) is -1.63. The summed E-state index contributed by atoms with van der Waals surface area (Å²) in [7, 11) is 0. The molecule has 0 bridgehead atoms. The highest BCUT2D eigenvalue weighted by atomic mass is 35.5. The van der Waals surface area contributed by atoms with Crippen LogP contribution in [0.4, 0.5) is 8.78 Å². The summed E-state index contributed by atoms with van der Waals surface area (Å²) in [5.41, 5.74) is 0.376. The number of likely N-dealkylation sites (tertiary alicyclic amines) is 1. The number of piperidine rings is 1. The molecule has 1 atom stereocenters. The first kappa shape index (κ1) is 20.8. The van der Waals surface area contributed by atoms with Crippen molar-refractivity contribution in [3.05, 3.63) is 35.4 Å². The van der Waals surface area contributed by atoms with E-state index in [1.54, 1.807) is 0 Å². The predicted molar refractivity (Wildman–Crippen MR) is 91.5 cm³/mol. The molecule has 1 heterocycles. The SMILES string of the molecule is CCN(CC(=O)O)C1CCN(C(C)c2cc(F)ccc2F)CC1.Cl. The van der Waals surface area contributed by atoms with E-state index < -0.39 is 11.8 Å². The molecule has 1 fully saturated rings. The summed E-state index contributed by atoms with van der Waals surface area (Å²) in [6.07, 6.45) is 1.67. The van der Waals surface area contributed by atoms with E-state index in [4.69, 9.17) is 5.11 Å². The molecule has 1 aromatic rings. The van der Waals surface area contributed by atoms with E-state index >= 15 is 0 Å². The van der Waals surface area contributed by atoms with Gasteiger partial charge in [-0.05, 0) is 44.5 Å². The number of nitrogens with zero attached hydrogens (tertiary/aromatic N) is 2. The van der Waals surface area contributed by atoms with Crippen LogP contribution in [0.25, 0.3) is 0 Å². The van der Waals surface area contributed by atoms with Gasteiger partial charge in [-0.3, -0.25) is 14.6 Å². The Hall–Kier alpha value is -1.24. The largest absolute Gasteiger partial charge is 0.480 e. The van der Waals surface area contributed by atoms with Crippen LogP contribution < -0.4 is 0 Å². The van der Waals surface area contributed by atoms with E-state index in [9.17, 15) is 13.6 Å². The van der Waals surface area contributed by atoms with Gasteiger partial charge in [-0.25, -0.2) is 8.78 Å². The molecule has 0 aromatic heterocycles. The highest BCUT2D eigenvalue weighted by Crippen LogP contribution is 2.28. The molecule has 24 heavy (non-hydrogen) atoms. The van der Waals surface area contributed by atoms with Gasteiger partial charge in [0.05, 0.1) is 6.54 Å². The Labute approximate surface area is 147 Å². The van der Waals surface area contributed by atoms with Crippen LogP contribution in [0.3, 0.4) is 0 Å². The molecule has 7 heteroatoms. The average molecular weight is 363 g/mol. The lowest BCUT2D eigenvalue weighted by Crippen LogP contribution is -2.47. The quantitative estimate of drug-likeness (QED) is 0.843. The van der Waals surface area contributed by atoms with Crippen molar-refractivity contribution in [1.82, 2.24) is 9.80 Å². The van der Waals surface area contributed by atoms with Gasteiger partial charge in [-0.15, -0.1) is 12.4 Å². The van der Waals surface area contributed by atoms with Crippen LogP contribution in [0.1, 0.15) is 38.3 Å². The second-order valence-electron chi connectivity index (χ2n) is 6.07. The van der Waals surface area contributed by atoms with Crippen LogP contribution >= 0.6 is 12.4 Å². The van der Waals surface area contributed by atoms with Crippen LogP contribution in [0.2, 0.25) is 0 Å². The average Bonchev–Trinajstić information content (AvgIpc) is 2.54. The van der Waals surface area contributed by atoms with Gasteiger partial charge in [0.25, 0.3) is 0 Å². The summed E-state index contributed by atoms with van der Waals surface area (Å²) >= 11 is 0. The summed E-state index contributed by atoms with van der Waals surface area (Å²) in [6, 6.07) is 3.59. The van der Waals surface area contributed by atoms with E-state index in [0.717, 1.165) is 32.0 Å². The Kier molecular flexibility index (Phi) is 8.06. The maximum atomic E-state index is 13.9. The van der Waals surface area contributed by atoms with Gasteiger partial charge in [0.1, 0.15) is 11.6 Å². The molecule has 0 aliphatic carbocycles. The molecule has 0 radical (unpaired) electrons. The zero-order valence-electron chi connectivity index (χ0n) is 14.0. The van der Waals surface area contributed by atoms with Crippen LogP contribution in [0.15, 0.2) is 18.2 Å². The minimum absolute atomic E-state index is 0. The van der Waals surface area contributed by atoms with E-state index in [2.05, 4.69) is 4.90 Å². The number of aliphatic carboxylic acids is 1. The normalized spacial score (nSPS) is 17.5. The lowest BCUT2D eigenvalue weighted by molar-refractivity contribution is -0.139. The monoisotopic (exact) mass is 362 g/mol. The van der Waals surface area contributed by atoms with Crippen molar-refractivity contribution in [2.75, 3.05) is 26.2 Å². The first-order valence-electron chi connectivity index (χ1n) is 8.07. The van der Waals surface area contributed by atoms with Gasteiger partial charge >= 0.3 is 5.97 Å². The Morgan fingerprint density at radius 2 is 2.00 bits per heavy atom. The van der Waals surface area contributed by atoms with Crippen LogP contribution in [0.5, 0.6) is 0 Å². The van der Waals surface area contributed by atoms with Gasteiger partial charge in [0, 0.05) is 30.7 Å². The standard InChI is InChI=1S/C17H24F2N2O2.ClH/c1-3-20(11-17(22)23)14-6-8-21(9-7-14)12(2)15-10-13(18)4-5-16(15)19;/h4-5,10,12,14H,3,6-9,11H2,1-2H3,(H,22,23);1H. The minimum atomic E-state index is -0.815. The first-order valence-corrected chi connectivity index (χ1v) is 8.07. The molecule has 136 valence electrons. The third kappa shape index (κ3) is 5.13. The number of halogens is 3. The number of carboxylic acid groups (broad SMARTS) is 1. The summed E-state index contributed by atoms with van der Waals surface area (Å²) < 4.78 is 27.3. The van der Waals surface area contributed by atoms with Crippen LogP contribution in [-0.4, -0.2) is 53.1 Å². The third-order valence-corrected chi connectivity index (χ3v) is 4.72. The maximum Gasteiger partial charge on any atom is 0.317 e. The fourth-order valence-electron chi connectivity index (χ4n) is 3.34. The van der Waals surface area contributed by atoms with Crippen LogP contribution in [-0.2, 0) is 4.79 Å². The fraction of sp³-hybridized carbons (Fsp3) is 0.588. The van der Waals surface area contributed by atoms with Crippen molar-refractivity contribution in [3.8, 4) is 0 Å². The minimum Gasteiger partial charge on any atom is -0.480 e. The lowest BCUT2D eigenvalue weighted by Gasteiger charge is -2.40. The van der Waals surface area contributed by atoms with Crippen molar-refractivity contribution in [2.24, 2.45) is 0 Å². The van der Waals surface area contributed by atoms with E-state index in [0.29, 0.717) is 12.1 Å². The van der Waals surface area contributed by atoms with E-state index in [1.165, 1.54) is 12.1 Å². The molecule has 0 spiro atoms. The first-order chi connectivity index (χ1) is 10.9. The lowest BCUT2D eigenvalue weighted by atomic mass is 9.98. The van der Waals surface area contributed by atoms with Crippen molar-refractivity contribution in [2.45, 2.75) is 38.8 Å². The van der Waals surface area contributed by atoms with Crippen molar-refractivity contribution in [1.29, 1.82) is 0 Å². The second-order valence-corrected chi connectivity index (χ2v) is 6.07. The van der Waals surface area contributed by atoms with Gasteiger partial charge in [0.2, 0.25) is 0 Å². The topological polar surface area (TPSA) is 43.8 Å². The summed E-state index contributed by atoms with van der Waals surface area (Å²) in [4.78, 5) is 15.0. The Morgan fingerprint density at radius 3 is 2.54 bits per heavy atom. The highest BCUT2D eigenvalue weighted by molar-refractivity contribution is 5.85. The van der Waals surface area contributed by atoms with Crippen LogP contribution in [0, 0.1) is 11.6 Å². The molecule has 1 unspecified atom stereocenters. The van der Waals surface area contributed by atoms with Gasteiger partial charge in [-0.1, -0.05) is 6.92 Å². The van der Waals surface area contributed by atoms with Crippen molar-refractivity contribution < 1.29 is 18.7 Å². The number of rotatable bonds is 6. The number of likely N-dealkylation sites (N-methyl/N-ethyl adjacent to an activating group) is 1. The van der Waals surface area contributed by atoms with Gasteiger partial charge in [-0.2, -0.15) is 0 Å². The molecule has 1 aromatic carbocycles. The predicted octanol–water partition coefficient (Wildman–Crippen LogP) is 3.32. The Bertz CT molecular complexity index is 551. The molecule has 1 aliphatic rings. The Morgan fingerprint density at radius 1 is 1.38 bits per heavy atom. The zero-order valence-corrected chi connectivity index (χ0v) is 14.9. The van der Waals surface area contributed by atoms with Crippen molar-refractivity contribution in [3.63, 3.8) is 0 Å². The second kappa shape index (κ2) is 9.30. The zero-order chi connectivity index (χ0) is 17.0. The molecule has 1 N–H and O–H groups in total. The molecule has 4 nitrogen and oxygen atoms in total. The number of benzene rings is 1. The molecule has 0 amide bonds. The molecule has 1 aliphatic heterocycles. The third-order valence-electron chi connectivity index (χ3n) is 4.72. The summed E-state index contributed by atoms with van der Waals surface area (Å²) in [6.45, 7) is 6.09. The molecule has 2 rings (SSSR count). The fourth-order valence-corrected chi connectivity index (χ4v) is 3.34. The number of hydrogen-bond acceptors (Lipinski definition) is 3. The van der Waals surface area contributed by atoms with Gasteiger partial charge < -0.3 is 5.11 Å². The van der Waals surface area contributed by atoms with Crippen molar-refractivity contribution >= 4 is 18.4 Å². The molecule has 0 saturated carbocycles. The van der Waals surface area contributed by atoms with Gasteiger partial charge in [0.15, 0.2) is 0 Å². The molecular weight excluding hydrogens is 338 g/mol.